The number of nitrogens with zero attached hydrogens (tertiary/aromatic N) is 2. The number of fused-ring (bicyclic) bond motifs is 3. The van der Waals surface area contributed by atoms with E-state index in [1.165, 1.54) is 0 Å². The molecule has 1 N–H and O–H groups in total. The van der Waals surface area contributed by atoms with Crippen LogP contribution in [0.2, 0.25) is 0 Å². The van der Waals surface area contributed by atoms with Crippen molar-refractivity contribution in [1.29, 1.82) is 0 Å². The summed E-state index contributed by atoms with van der Waals surface area (Å²) in [5, 5.41) is 5.22. The number of amides is 2. The third-order valence-corrected chi connectivity index (χ3v) is 6.60. The molecule has 0 saturated heterocycles. The van der Waals surface area contributed by atoms with Gasteiger partial charge in [0.25, 0.3) is 5.91 Å². The summed E-state index contributed by atoms with van der Waals surface area (Å²) in [5.74, 6) is -0.155. The van der Waals surface area contributed by atoms with Crippen LogP contribution >= 0.6 is 11.3 Å². The zero-order valence-corrected chi connectivity index (χ0v) is 16.1. The molecule has 1 aliphatic heterocycles. The van der Waals surface area contributed by atoms with Crippen LogP contribution in [0.5, 0.6) is 0 Å². The summed E-state index contributed by atoms with van der Waals surface area (Å²) >= 11 is 1.62. The fourth-order valence-corrected chi connectivity index (χ4v) is 5.04. The van der Waals surface area contributed by atoms with E-state index in [9.17, 15) is 9.59 Å². The van der Waals surface area contributed by atoms with Gasteiger partial charge in [0.1, 0.15) is 11.2 Å². The molecule has 1 saturated carbocycles. The summed E-state index contributed by atoms with van der Waals surface area (Å²) in [7, 11) is 1.61. The van der Waals surface area contributed by atoms with Crippen LogP contribution in [-0.4, -0.2) is 53.1 Å². The zero-order chi connectivity index (χ0) is 18.3. The van der Waals surface area contributed by atoms with E-state index in [0.717, 1.165) is 35.9 Å². The minimum absolute atomic E-state index is 0.0587. The van der Waals surface area contributed by atoms with E-state index < -0.39 is 5.54 Å². The molecule has 0 unspecified atom stereocenters. The topological polar surface area (TPSA) is 63.6 Å². The number of nitrogens with one attached hydrogen (secondary N) is 1. The molecule has 140 valence electrons. The summed E-state index contributed by atoms with van der Waals surface area (Å²) < 4.78 is 8.29. The molecule has 2 aromatic heterocycles. The van der Waals surface area contributed by atoms with Gasteiger partial charge in [-0.25, -0.2) is 0 Å². The predicted octanol–water partition coefficient (Wildman–Crippen LogP) is 2.62. The molecule has 3 heterocycles. The van der Waals surface area contributed by atoms with Crippen LogP contribution in [0.25, 0.3) is 10.2 Å². The van der Waals surface area contributed by atoms with Gasteiger partial charge in [0.15, 0.2) is 0 Å². The molecule has 26 heavy (non-hydrogen) atoms. The number of hydrogen-bond acceptors (Lipinski definition) is 4. The van der Waals surface area contributed by atoms with Crippen LogP contribution < -0.4 is 5.32 Å². The van der Waals surface area contributed by atoms with E-state index in [1.54, 1.807) is 23.3 Å². The maximum atomic E-state index is 13.2. The molecule has 2 aliphatic rings. The molecule has 1 atom stereocenters. The molecule has 1 fully saturated rings. The Balaban J connectivity index is 1.70. The average Bonchev–Trinajstić information content (AvgIpc) is 3.33. The molecule has 2 aromatic rings. The third kappa shape index (κ3) is 2.74. The quantitative estimate of drug-likeness (QED) is 0.874. The SMILES string of the molecule is COCCN1C(=O)c2cc3sccc3n2C[C@@]1(C)C(=O)NC1CCCC1. The van der Waals surface area contributed by atoms with Crippen molar-refractivity contribution in [2.24, 2.45) is 0 Å². The number of carbonyl (C=O) groups is 2. The van der Waals surface area contributed by atoms with Crippen molar-refractivity contribution in [1.82, 2.24) is 14.8 Å². The highest BCUT2D eigenvalue weighted by atomic mass is 32.1. The molecule has 6 nitrogen and oxygen atoms in total. The minimum Gasteiger partial charge on any atom is -0.383 e. The predicted molar refractivity (Wildman–Crippen MR) is 102 cm³/mol. The number of aromatic nitrogens is 1. The van der Waals surface area contributed by atoms with Crippen molar-refractivity contribution >= 4 is 33.4 Å². The Morgan fingerprint density at radius 1 is 1.42 bits per heavy atom. The van der Waals surface area contributed by atoms with Gasteiger partial charge in [-0.3, -0.25) is 9.59 Å². The highest BCUT2D eigenvalue weighted by Crippen LogP contribution is 2.34. The summed E-state index contributed by atoms with van der Waals surface area (Å²) in [6.07, 6.45) is 4.37. The van der Waals surface area contributed by atoms with E-state index in [0.29, 0.717) is 25.4 Å². The lowest BCUT2D eigenvalue weighted by Gasteiger charge is -2.44. The summed E-state index contributed by atoms with van der Waals surface area (Å²) in [6, 6.07) is 4.19. The highest BCUT2D eigenvalue weighted by Gasteiger charge is 2.48. The molecule has 4 rings (SSSR count). The maximum Gasteiger partial charge on any atom is 0.271 e. The molecular formula is C19H25N3O3S. The maximum absolute atomic E-state index is 13.2. The molecule has 0 spiro atoms. The van der Waals surface area contributed by atoms with E-state index in [2.05, 4.69) is 5.32 Å². The summed E-state index contributed by atoms with van der Waals surface area (Å²) in [4.78, 5) is 28.2. The van der Waals surface area contributed by atoms with Crippen molar-refractivity contribution < 1.29 is 14.3 Å². The Bertz CT molecular complexity index is 836. The molecule has 0 aromatic carbocycles. The van der Waals surface area contributed by atoms with Crippen LogP contribution in [0.4, 0.5) is 0 Å². The highest BCUT2D eigenvalue weighted by molar-refractivity contribution is 7.17. The largest absolute Gasteiger partial charge is 0.383 e. The van der Waals surface area contributed by atoms with E-state index in [4.69, 9.17) is 4.74 Å². The van der Waals surface area contributed by atoms with Gasteiger partial charge in [-0.15, -0.1) is 11.3 Å². The zero-order valence-electron chi connectivity index (χ0n) is 15.3. The van der Waals surface area contributed by atoms with Gasteiger partial charge >= 0.3 is 0 Å². The number of methoxy groups -OCH3 is 1. The minimum atomic E-state index is -0.918. The lowest BCUT2D eigenvalue weighted by Crippen LogP contribution is -2.65. The number of thiophene rings is 1. The summed E-state index contributed by atoms with van der Waals surface area (Å²) in [5.41, 5.74) is 0.776. The van der Waals surface area contributed by atoms with E-state index >= 15 is 0 Å². The second kappa shape index (κ2) is 6.70. The van der Waals surface area contributed by atoms with Crippen LogP contribution in [0.1, 0.15) is 43.1 Å². The van der Waals surface area contributed by atoms with Crippen molar-refractivity contribution in [3.63, 3.8) is 0 Å². The molecule has 0 bridgehead atoms. The molecule has 2 amide bonds. The smallest absolute Gasteiger partial charge is 0.271 e. The van der Waals surface area contributed by atoms with Crippen molar-refractivity contribution in [3.8, 4) is 0 Å². The second-order valence-corrected chi connectivity index (χ2v) is 8.41. The number of rotatable bonds is 5. The van der Waals surface area contributed by atoms with Crippen molar-refractivity contribution in [2.45, 2.75) is 50.7 Å². The first-order chi connectivity index (χ1) is 12.5. The van der Waals surface area contributed by atoms with Gasteiger partial charge in [0, 0.05) is 19.7 Å². The van der Waals surface area contributed by atoms with Gasteiger partial charge in [-0.1, -0.05) is 12.8 Å². The molecule has 0 radical (unpaired) electrons. The van der Waals surface area contributed by atoms with Crippen molar-refractivity contribution in [2.75, 3.05) is 20.3 Å². The lowest BCUT2D eigenvalue weighted by molar-refractivity contribution is -0.133. The molecule has 1 aliphatic carbocycles. The normalized spacial score (nSPS) is 23.6. The number of carbonyl (C=O) groups excluding carboxylic acids is 2. The van der Waals surface area contributed by atoms with Gasteiger partial charge in [-0.05, 0) is 37.3 Å². The first-order valence-corrected chi connectivity index (χ1v) is 10.1. The Morgan fingerprint density at radius 2 is 2.19 bits per heavy atom. The monoisotopic (exact) mass is 375 g/mol. The van der Waals surface area contributed by atoms with Crippen LogP contribution in [0, 0.1) is 0 Å². The Hall–Kier alpha value is -1.86. The Morgan fingerprint density at radius 3 is 2.92 bits per heavy atom. The number of ether oxygens (including phenoxy) is 1. The Labute approximate surface area is 157 Å². The first kappa shape index (κ1) is 17.5. The van der Waals surface area contributed by atoms with Crippen LogP contribution in [0.15, 0.2) is 17.5 Å². The van der Waals surface area contributed by atoms with E-state index in [1.807, 2.05) is 29.0 Å². The third-order valence-electron chi connectivity index (χ3n) is 5.75. The van der Waals surface area contributed by atoms with Crippen LogP contribution in [-0.2, 0) is 16.1 Å². The van der Waals surface area contributed by atoms with Gasteiger partial charge < -0.3 is 19.5 Å². The summed E-state index contributed by atoms with van der Waals surface area (Å²) in [6.45, 7) is 3.17. The van der Waals surface area contributed by atoms with Crippen molar-refractivity contribution in [3.05, 3.63) is 23.2 Å². The Kier molecular flexibility index (Phi) is 4.52. The van der Waals surface area contributed by atoms with Gasteiger partial charge in [-0.2, -0.15) is 0 Å². The molecular weight excluding hydrogens is 350 g/mol. The van der Waals surface area contributed by atoms with Gasteiger partial charge in [0.2, 0.25) is 5.91 Å². The molecule has 7 heteroatoms. The number of hydrogen-bond donors (Lipinski definition) is 1. The fraction of sp³-hybridized carbons (Fsp3) is 0.579. The van der Waals surface area contributed by atoms with Gasteiger partial charge in [0.05, 0.1) is 23.4 Å². The average molecular weight is 375 g/mol. The van der Waals surface area contributed by atoms with Crippen LogP contribution in [0.3, 0.4) is 0 Å². The first-order valence-electron chi connectivity index (χ1n) is 9.23. The second-order valence-electron chi connectivity index (χ2n) is 7.46. The standard InChI is InChI=1S/C19H25N3O3S/c1-19(18(24)20-13-5-3-4-6-13)12-21-14-7-10-26-16(14)11-15(21)17(23)22(19)8-9-25-2/h7,10-11,13H,3-6,8-9,12H2,1-2H3,(H,20,24)/t19-/m0/s1. The fourth-order valence-electron chi connectivity index (χ4n) is 4.22. The van der Waals surface area contributed by atoms with E-state index in [-0.39, 0.29) is 17.9 Å². The lowest BCUT2D eigenvalue weighted by atomic mass is 9.94.